The summed E-state index contributed by atoms with van der Waals surface area (Å²) in [6.07, 6.45) is 0.364. The Bertz CT molecular complexity index is 1530. The molecule has 0 spiro atoms. The normalized spacial score (nSPS) is 13.9. The van der Waals surface area contributed by atoms with E-state index in [0.717, 1.165) is 5.56 Å². The molecule has 6 rings (SSSR count). The molecule has 0 unspecified atom stereocenters. The van der Waals surface area contributed by atoms with Gasteiger partial charge in [0.15, 0.2) is 5.69 Å². The van der Waals surface area contributed by atoms with Crippen LogP contribution in [0.3, 0.4) is 0 Å². The second-order valence-electron chi connectivity index (χ2n) is 8.77. The minimum atomic E-state index is -4.64. The van der Waals surface area contributed by atoms with Gasteiger partial charge in [0, 0.05) is 72.6 Å². The quantitative estimate of drug-likeness (QED) is 0.336. The second-order valence-corrected chi connectivity index (χ2v) is 8.77. The molecule has 1 aromatic carbocycles. The van der Waals surface area contributed by atoms with Gasteiger partial charge in [-0.2, -0.15) is 18.3 Å². The van der Waals surface area contributed by atoms with Crippen LogP contribution in [0.1, 0.15) is 35.1 Å². The first-order chi connectivity index (χ1) is 17.8. The van der Waals surface area contributed by atoms with Crippen LogP contribution in [0, 0.1) is 5.82 Å². The van der Waals surface area contributed by atoms with Gasteiger partial charge in [-0.15, -0.1) is 0 Å². The number of hydrogen-bond acceptors (Lipinski definition) is 7. The highest BCUT2D eigenvalue weighted by molar-refractivity contribution is 5.92. The molecule has 0 fully saturated rings. The molecule has 0 amide bonds. The third-order valence-electron chi connectivity index (χ3n) is 6.61. The van der Waals surface area contributed by atoms with Gasteiger partial charge in [0.05, 0.1) is 24.2 Å². The lowest BCUT2D eigenvalue weighted by Gasteiger charge is -2.17. The summed E-state index contributed by atoms with van der Waals surface area (Å²) in [7, 11) is 1.43. The highest BCUT2D eigenvalue weighted by Gasteiger charge is 2.41. The molecule has 1 aliphatic carbocycles. The van der Waals surface area contributed by atoms with Gasteiger partial charge in [-0.25, -0.2) is 19.0 Å². The van der Waals surface area contributed by atoms with Crippen molar-refractivity contribution in [3.8, 4) is 34.0 Å². The largest absolute Gasteiger partial charge is 0.467 e. The average molecular weight is 511 g/mol. The third-order valence-corrected chi connectivity index (χ3v) is 6.61. The SMILES string of the molecule is CCNc1cc(F)cc2c1Cc1ncc(-c3cnc(OC)nc3)c(-n3nc(C(F)(F)F)c4c3CNC4)c1-2. The third kappa shape index (κ3) is 3.70. The lowest BCUT2D eigenvalue weighted by Crippen LogP contribution is -2.14. The molecule has 0 bridgehead atoms. The van der Waals surface area contributed by atoms with Crippen LogP contribution in [0.2, 0.25) is 0 Å². The summed E-state index contributed by atoms with van der Waals surface area (Å²) < 4.78 is 63.1. The Kier molecular flexibility index (Phi) is 5.37. The maximum atomic E-state index is 14.8. The number of fused-ring (bicyclic) bond motifs is 4. The maximum absolute atomic E-state index is 14.8. The fourth-order valence-corrected chi connectivity index (χ4v) is 5.09. The van der Waals surface area contributed by atoms with E-state index in [0.29, 0.717) is 58.0 Å². The zero-order valence-electron chi connectivity index (χ0n) is 19.9. The van der Waals surface area contributed by atoms with Gasteiger partial charge >= 0.3 is 12.2 Å². The number of aromatic nitrogens is 5. The van der Waals surface area contributed by atoms with E-state index >= 15 is 0 Å². The lowest BCUT2D eigenvalue weighted by atomic mass is 9.99. The van der Waals surface area contributed by atoms with Gasteiger partial charge < -0.3 is 15.4 Å². The predicted molar refractivity (Wildman–Crippen MR) is 127 cm³/mol. The van der Waals surface area contributed by atoms with Crippen molar-refractivity contribution in [3.05, 3.63) is 64.7 Å². The number of benzene rings is 1. The summed E-state index contributed by atoms with van der Waals surface area (Å²) in [5, 5.41) is 10.3. The van der Waals surface area contributed by atoms with E-state index < -0.39 is 17.7 Å². The summed E-state index contributed by atoms with van der Waals surface area (Å²) in [6.45, 7) is 2.73. The van der Waals surface area contributed by atoms with E-state index in [1.807, 2.05) is 6.92 Å². The summed E-state index contributed by atoms with van der Waals surface area (Å²) in [5.41, 5.74) is 4.07. The molecule has 0 atom stereocenters. The van der Waals surface area contributed by atoms with E-state index in [1.54, 1.807) is 6.20 Å². The van der Waals surface area contributed by atoms with Crippen LogP contribution in [0.5, 0.6) is 6.01 Å². The molecular weight excluding hydrogens is 490 g/mol. The van der Waals surface area contributed by atoms with Gasteiger partial charge in [-0.1, -0.05) is 0 Å². The molecule has 2 aliphatic rings. The minimum Gasteiger partial charge on any atom is -0.467 e. The number of alkyl halides is 3. The number of rotatable bonds is 5. The maximum Gasteiger partial charge on any atom is 0.435 e. The van der Waals surface area contributed by atoms with Crippen molar-refractivity contribution in [1.82, 2.24) is 30.0 Å². The summed E-state index contributed by atoms with van der Waals surface area (Å²) in [6, 6.07) is 2.96. The number of pyridine rings is 1. The standard InChI is InChI=1S/C25H21F4N7O/c1-3-31-18-5-13(26)4-15-14(18)6-19-21(15)22(16(10-32-19)12-7-33-24(37-2)34-8-12)36-20-11-30-9-17(20)23(35-36)25(27,28)29/h4-5,7-8,10,30-31H,3,6,9,11H2,1-2H3. The Hall–Kier alpha value is -4.06. The number of halogens is 4. The van der Waals surface area contributed by atoms with Crippen molar-refractivity contribution in [2.75, 3.05) is 19.0 Å². The van der Waals surface area contributed by atoms with Crippen LogP contribution in [0.4, 0.5) is 23.2 Å². The van der Waals surface area contributed by atoms with E-state index in [9.17, 15) is 17.6 Å². The molecule has 37 heavy (non-hydrogen) atoms. The first-order valence-corrected chi connectivity index (χ1v) is 11.6. The monoisotopic (exact) mass is 511 g/mol. The zero-order valence-corrected chi connectivity index (χ0v) is 19.9. The summed E-state index contributed by atoms with van der Waals surface area (Å²) in [5.74, 6) is -0.463. The van der Waals surface area contributed by atoms with Crippen LogP contribution < -0.4 is 15.4 Å². The van der Waals surface area contributed by atoms with Crippen LogP contribution >= 0.6 is 0 Å². The Morgan fingerprint density at radius 1 is 1.05 bits per heavy atom. The van der Waals surface area contributed by atoms with Gasteiger partial charge in [0.1, 0.15) is 5.82 Å². The van der Waals surface area contributed by atoms with E-state index in [1.165, 1.54) is 36.3 Å². The Morgan fingerprint density at radius 3 is 2.54 bits per heavy atom. The molecule has 4 aromatic rings. The van der Waals surface area contributed by atoms with Crippen LogP contribution in [0.15, 0.2) is 30.7 Å². The number of methoxy groups -OCH3 is 1. The molecule has 12 heteroatoms. The fourth-order valence-electron chi connectivity index (χ4n) is 5.09. The van der Waals surface area contributed by atoms with Crippen molar-refractivity contribution >= 4 is 5.69 Å². The van der Waals surface area contributed by atoms with Crippen molar-refractivity contribution in [2.45, 2.75) is 32.6 Å². The van der Waals surface area contributed by atoms with Gasteiger partial charge in [0.25, 0.3) is 0 Å². The van der Waals surface area contributed by atoms with Crippen LogP contribution in [-0.2, 0) is 25.7 Å². The van der Waals surface area contributed by atoms with Crippen LogP contribution in [0.25, 0.3) is 27.9 Å². The summed E-state index contributed by atoms with van der Waals surface area (Å²) in [4.78, 5) is 13.0. The molecular formula is C25H21F4N7O. The molecule has 0 saturated heterocycles. The fraction of sp³-hybridized carbons (Fsp3) is 0.280. The van der Waals surface area contributed by atoms with Gasteiger partial charge in [-0.05, 0) is 30.2 Å². The molecule has 8 nitrogen and oxygen atoms in total. The first-order valence-electron chi connectivity index (χ1n) is 11.6. The molecule has 190 valence electrons. The van der Waals surface area contributed by atoms with Crippen molar-refractivity contribution in [1.29, 1.82) is 0 Å². The Morgan fingerprint density at radius 2 is 1.84 bits per heavy atom. The molecule has 3 aromatic heterocycles. The van der Waals surface area contributed by atoms with Crippen LogP contribution in [-0.4, -0.2) is 38.4 Å². The molecule has 2 N–H and O–H groups in total. The molecule has 1 aliphatic heterocycles. The Labute approximate surface area is 208 Å². The molecule has 0 saturated carbocycles. The van der Waals surface area contributed by atoms with Crippen molar-refractivity contribution in [2.24, 2.45) is 0 Å². The minimum absolute atomic E-state index is 0.0498. The Balaban J connectivity index is 1.68. The summed E-state index contributed by atoms with van der Waals surface area (Å²) >= 11 is 0. The molecule has 0 radical (unpaired) electrons. The topological polar surface area (TPSA) is 89.8 Å². The predicted octanol–water partition coefficient (Wildman–Crippen LogP) is 4.50. The van der Waals surface area contributed by atoms with Crippen molar-refractivity contribution < 1.29 is 22.3 Å². The molecule has 4 heterocycles. The lowest BCUT2D eigenvalue weighted by molar-refractivity contribution is -0.142. The van der Waals surface area contributed by atoms with E-state index in [2.05, 4.69) is 30.7 Å². The average Bonchev–Trinajstić information content (AvgIpc) is 3.57. The van der Waals surface area contributed by atoms with E-state index in [-0.39, 0.29) is 24.7 Å². The van der Waals surface area contributed by atoms with E-state index in [4.69, 9.17) is 4.74 Å². The number of nitrogens with zero attached hydrogens (tertiary/aromatic N) is 5. The number of hydrogen-bond donors (Lipinski definition) is 2. The highest BCUT2D eigenvalue weighted by atomic mass is 19.4. The number of ether oxygens (including phenoxy) is 1. The second kappa shape index (κ2) is 8.51. The van der Waals surface area contributed by atoms with Crippen molar-refractivity contribution in [3.63, 3.8) is 0 Å². The number of anilines is 1. The smallest absolute Gasteiger partial charge is 0.435 e. The number of nitrogens with one attached hydrogen (secondary N) is 2. The zero-order chi connectivity index (χ0) is 25.9. The highest BCUT2D eigenvalue weighted by Crippen LogP contribution is 2.47. The van der Waals surface area contributed by atoms with Gasteiger partial charge in [-0.3, -0.25) is 4.98 Å². The first kappa shape index (κ1) is 23.3. The van der Waals surface area contributed by atoms with Gasteiger partial charge in [0.2, 0.25) is 0 Å².